The number of carbonyl (C=O) groups excluding carboxylic acids is 1. The number of carboxylic acids is 1. The standard InChI is InChI=1S/C18H20N2O5/c1-24-9-10-25-17-14(6-4-8-19-17)12-20-16(21)11-13-5-2-3-7-15(13)18(22)23/h2-8H,9-12H2,1H3,(H,20,21)(H,22,23). The third-order valence-electron chi connectivity index (χ3n) is 3.45. The molecule has 2 rings (SSSR count). The first-order chi connectivity index (χ1) is 12.1. The van der Waals surface area contributed by atoms with Crippen LogP contribution in [-0.4, -0.2) is 42.3 Å². The first-order valence-electron chi connectivity index (χ1n) is 7.75. The van der Waals surface area contributed by atoms with Crippen molar-refractivity contribution in [1.29, 1.82) is 0 Å². The summed E-state index contributed by atoms with van der Waals surface area (Å²) in [6.45, 7) is 1.04. The summed E-state index contributed by atoms with van der Waals surface area (Å²) in [5.41, 5.74) is 1.33. The van der Waals surface area contributed by atoms with Gasteiger partial charge in [-0.2, -0.15) is 0 Å². The van der Waals surface area contributed by atoms with Crippen molar-refractivity contribution in [3.63, 3.8) is 0 Å². The van der Waals surface area contributed by atoms with Gasteiger partial charge in [-0.25, -0.2) is 9.78 Å². The summed E-state index contributed by atoms with van der Waals surface area (Å²) in [5, 5.41) is 11.9. The van der Waals surface area contributed by atoms with Crippen LogP contribution in [0.2, 0.25) is 0 Å². The van der Waals surface area contributed by atoms with Gasteiger partial charge in [-0.15, -0.1) is 0 Å². The number of aromatic nitrogens is 1. The summed E-state index contributed by atoms with van der Waals surface area (Å²) in [4.78, 5) is 27.5. The Hall–Kier alpha value is -2.93. The highest BCUT2D eigenvalue weighted by Crippen LogP contribution is 2.14. The number of nitrogens with zero attached hydrogens (tertiary/aromatic N) is 1. The van der Waals surface area contributed by atoms with Crippen molar-refractivity contribution in [1.82, 2.24) is 10.3 Å². The average molecular weight is 344 g/mol. The van der Waals surface area contributed by atoms with E-state index in [2.05, 4.69) is 10.3 Å². The SMILES string of the molecule is COCCOc1ncccc1CNC(=O)Cc1ccccc1C(=O)O. The molecule has 0 radical (unpaired) electrons. The van der Waals surface area contributed by atoms with Crippen LogP contribution in [0.3, 0.4) is 0 Å². The Bertz CT molecular complexity index is 733. The average Bonchev–Trinajstić information content (AvgIpc) is 2.61. The van der Waals surface area contributed by atoms with E-state index in [1.807, 2.05) is 0 Å². The molecule has 0 atom stereocenters. The van der Waals surface area contributed by atoms with Gasteiger partial charge in [-0.05, 0) is 17.7 Å². The van der Waals surface area contributed by atoms with Crippen LogP contribution in [0.15, 0.2) is 42.6 Å². The summed E-state index contributed by atoms with van der Waals surface area (Å²) in [6.07, 6.45) is 1.60. The van der Waals surface area contributed by atoms with E-state index in [0.717, 1.165) is 5.56 Å². The fourth-order valence-electron chi connectivity index (χ4n) is 2.22. The summed E-state index contributed by atoms with van der Waals surface area (Å²) < 4.78 is 10.4. The van der Waals surface area contributed by atoms with E-state index in [1.54, 1.807) is 43.6 Å². The number of ether oxygens (including phenoxy) is 2. The molecule has 0 saturated carbocycles. The van der Waals surface area contributed by atoms with Gasteiger partial charge in [-0.3, -0.25) is 4.79 Å². The van der Waals surface area contributed by atoms with Gasteiger partial charge in [0.25, 0.3) is 0 Å². The Kier molecular flexibility index (Phi) is 6.91. The number of hydrogen-bond donors (Lipinski definition) is 2. The molecule has 0 unspecified atom stereocenters. The number of nitrogens with one attached hydrogen (secondary N) is 1. The third-order valence-corrected chi connectivity index (χ3v) is 3.45. The lowest BCUT2D eigenvalue weighted by Gasteiger charge is -2.11. The van der Waals surface area contributed by atoms with Crippen molar-refractivity contribution >= 4 is 11.9 Å². The number of benzene rings is 1. The van der Waals surface area contributed by atoms with Gasteiger partial charge in [0.05, 0.1) is 18.6 Å². The minimum Gasteiger partial charge on any atom is -0.478 e. The molecule has 2 N–H and O–H groups in total. The molecule has 7 heteroatoms. The van der Waals surface area contributed by atoms with E-state index >= 15 is 0 Å². The molecule has 0 spiro atoms. The highest BCUT2D eigenvalue weighted by Gasteiger charge is 2.13. The molecule has 1 aromatic heterocycles. The molecular formula is C18H20N2O5. The second-order valence-corrected chi connectivity index (χ2v) is 5.22. The number of carboxylic acid groups (broad SMARTS) is 1. The van der Waals surface area contributed by atoms with E-state index in [0.29, 0.717) is 24.7 Å². The van der Waals surface area contributed by atoms with Crippen LogP contribution in [0.25, 0.3) is 0 Å². The number of hydrogen-bond acceptors (Lipinski definition) is 5. The van der Waals surface area contributed by atoms with Gasteiger partial charge in [0.2, 0.25) is 11.8 Å². The lowest BCUT2D eigenvalue weighted by molar-refractivity contribution is -0.120. The Morgan fingerprint density at radius 1 is 1.12 bits per heavy atom. The number of aromatic carboxylic acids is 1. The Labute approximate surface area is 145 Å². The molecular weight excluding hydrogens is 324 g/mol. The van der Waals surface area contributed by atoms with E-state index in [1.165, 1.54) is 6.07 Å². The zero-order valence-electron chi connectivity index (χ0n) is 13.9. The van der Waals surface area contributed by atoms with Gasteiger partial charge < -0.3 is 19.9 Å². The van der Waals surface area contributed by atoms with Crippen LogP contribution in [-0.2, 0) is 22.5 Å². The Morgan fingerprint density at radius 2 is 1.88 bits per heavy atom. The molecule has 0 aliphatic rings. The maximum absolute atomic E-state index is 12.1. The van der Waals surface area contributed by atoms with Gasteiger partial charge in [-0.1, -0.05) is 24.3 Å². The monoisotopic (exact) mass is 344 g/mol. The first kappa shape index (κ1) is 18.4. The minimum absolute atomic E-state index is 0.0113. The van der Waals surface area contributed by atoms with E-state index in [-0.39, 0.29) is 24.4 Å². The molecule has 1 heterocycles. The van der Waals surface area contributed by atoms with Crippen molar-refractivity contribution in [3.05, 3.63) is 59.3 Å². The maximum atomic E-state index is 12.1. The predicted octanol–water partition coefficient (Wildman–Crippen LogP) is 1.66. The minimum atomic E-state index is -1.05. The van der Waals surface area contributed by atoms with Crippen LogP contribution in [0.4, 0.5) is 0 Å². The highest BCUT2D eigenvalue weighted by atomic mass is 16.5. The highest BCUT2D eigenvalue weighted by molar-refractivity contribution is 5.91. The van der Waals surface area contributed by atoms with Crippen LogP contribution in [0.5, 0.6) is 5.88 Å². The second-order valence-electron chi connectivity index (χ2n) is 5.22. The zero-order chi connectivity index (χ0) is 18.1. The quantitative estimate of drug-likeness (QED) is 0.672. The lowest BCUT2D eigenvalue weighted by atomic mass is 10.0. The molecule has 0 saturated heterocycles. The number of carbonyl (C=O) groups is 2. The lowest BCUT2D eigenvalue weighted by Crippen LogP contribution is -2.25. The zero-order valence-corrected chi connectivity index (χ0v) is 13.9. The van der Waals surface area contributed by atoms with Gasteiger partial charge in [0.1, 0.15) is 6.61 Å². The smallest absolute Gasteiger partial charge is 0.335 e. The van der Waals surface area contributed by atoms with Crippen molar-refractivity contribution < 1.29 is 24.2 Å². The number of amides is 1. The van der Waals surface area contributed by atoms with Crippen LogP contribution in [0.1, 0.15) is 21.5 Å². The summed E-state index contributed by atoms with van der Waals surface area (Å²) >= 11 is 0. The number of rotatable bonds is 9. The topological polar surface area (TPSA) is 97.8 Å². The number of methoxy groups -OCH3 is 1. The first-order valence-corrected chi connectivity index (χ1v) is 7.75. The largest absolute Gasteiger partial charge is 0.478 e. The van der Waals surface area contributed by atoms with Crippen molar-refractivity contribution in [3.8, 4) is 5.88 Å². The van der Waals surface area contributed by atoms with E-state index in [9.17, 15) is 9.59 Å². The molecule has 7 nitrogen and oxygen atoms in total. The molecule has 1 aromatic carbocycles. The maximum Gasteiger partial charge on any atom is 0.335 e. The molecule has 132 valence electrons. The summed E-state index contributed by atoms with van der Waals surface area (Å²) in [6, 6.07) is 10.0. The Morgan fingerprint density at radius 3 is 2.64 bits per heavy atom. The molecule has 0 aliphatic heterocycles. The fourth-order valence-corrected chi connectivity index (χ4v) is 2.22. The van der Waals surface area contributed by atoms with Crippen molar-refractivity contribution in [2.75, 3.05) is 20.3 Å². The molecule has 25 heavy (non-hydrogen) atoms. The second kappa shape index (κ2) is 9.39. The van der Waals surface area contributed by atoms with Crippen molar-refractivity contribution in [2.45, 2.75) is 13.0 Å². The van der Waals surface area contributed by atoms with Crippen molar-refractivity contribution in [2.24, 2.45) is 0 Å². The molecule has 2 aromatic rings. The molecule has 0 aliphatic carbocycles. The molecule has 0 fully saturated rings. The van der Waals surface area contributed by atoms with E-state index < -0.39 is 5.97 Å². The van der Waals surface area contributed by atoms with Gasteiger partial charge >= 0.3 is 5.97 Å². The van der Waals surface area contributed by atoms with Gasteiger partial charge in [0.15, 0.2) is 0 Å². The van der Waals surface area contributed by atoms with Crippen LogP contribution < -0.4 is 10.1 Å². The Balaban J connectivity index is 1.96. The number of pyridine rings is 1. The van der Waals surface area contributed by atoms with Gasteiger partial charge in [0, 0.05) is 25.4 Å². The summed E-state index contributed by atoms with van der Waals surface area (Å²) in [7, 11) is 1.58. The third kappa shape index (κ3) is 5.58. The molecule has 1 amide bonds. The fraction of sp³-hybridized carbons (Fsp3) is 0.278. The summed E-state index contributed by atoms with van der Waals surface area (Å²) in [5.74, 6) is -0.893. The van der Waals surface area contributed by atoms with Crippen LogP contribution in [0, 0.1) is 0 Å². The van der Waals surface area contributed by atoms with E-state index in [4.69, 9.17) is 14.6 Å². The molecule has 0 bridgehead atoms. The normalized spacial score (nSPS) is 10.3. The predicted molar refractivity (Wildman–Crippen MR) is 90.6 cm³/mol. The van der Waals surface area contributed by atoms with Crippen LogP contribution >= 0.6 is 0 Å².